The third-order valence-corrected chi connectivity index (χ3v) is 4.77. The predicted molar refractivity (Wildman–Crippen MR) is 101 cm³/mol. The third-order valence-electron chi connectivity index (χ3n) is 4.77. The molecule has 0 aliphatic heterocycles. The number of aryl methyl sites for hydroxylation is 2. The molecule has 132 valence electrons. The maximum Gasteiger partial charge on any atom is 0.253 e. The van der Waals surface area contributed by atoms with Crippen molar-refractivity contribution in [3.8, 4) is 11.4 Å². The number of nitrogens with two attached hydrogens (primary N) is 2. The smallest absolute Gasteiger partial charge is 0.253 e. The van der Waals surface area contributed by atoms with Crippen LogP contribution in [0.25, 0.3) is 21.6 Å². The van der Waals surface area contributed by atoms with Crippen molar-refractivity contribution in [3.05, 3.63) is 51.5 Å². The number of nitrogen functional groups attached to an aromatic ring is 1. The van der Waals surface area contributed by atoms with Gasteiger partial charge >= 0.3 is 0 Å². The molecule has 5 N–H and O–H groups in total. The lowest BCUT2D eigenvalue weighted by atomic mass is 10.1. The van der Waals surface area contributed by atoms with E-state index in [0.29, 0.717) is 33.5 Å². The average molecular weight is 349 g/mol. The van der Waals surface area contributed by atoms with Crippen LogP contribution >= 0.6 is 0 Å². The van der Waals surface area contributed by atoms with Gasteiger partial charge in [0.1, 0.15) is 17.2 Å². The average Bonchev–Trinajstić information content (AvgIpc) is 2.84. The first-order chi connectivity index (χ1) is 12.2. The molecule has 0 radical (unpaired) electrons. The number of pyridine rings is 1. The van der Waals surface area contributed by atoms with Crippen molar-refractivity contribution in [2.45, 2.75) is 27.7 Å². The van der Waals surface area contributed by atoms with E-state index in [0.717, 1.165) is 11.3 Å². The quantitative estimate of drug-likeness (QED) is 0.617. The molecule has 2 aromatic heterocycles. The Hall–Kier alpha value is -3.53. The van der Waals surface area contributed by atoms with Gasteiger partial charge < -0.3 is 16.6 Å². The highest BCUT2D eigenvalue weighted by Crippen LogP contribution is 2.39. The zero-order chi connectivity index (χ0) is 19.3. The van der Waals surface area contributed by atoms with Crippen LogP contribution in [-0.4, -0.2) is 20.6 Å². The first-order valence-electron chi connectivity index (χ1n) is 7.98. The summed E-state index contributed by atoms with van der Waals surface area (Å²) in [5.41, 5.74) is 16.2. The number of aromatic nitrogens is 2. The Morgan fingerprint density at radius 3 is 2.46 bits per heavy atom. The Bertz CT molecular complexity index is 1140. The molecule has 0 bridgehead atoms. The van der Waals surface area contributed by atoms with Crippen molar-refractivity contribution in [2.24, 2.45) is 5.73 Å². The molecule has 0 spiro atoms. The number of aromatic hydroxyl groups is 1. The van der Waals surface area contributed by atoms with Gasteiger partial charge in [-0.05, 0) is 51.0 Å². The zero-order valence-corrected chi connectivity index (χ0v) is 15.0. The van der Waals surface area contributed by atoms with Crippen LogP contribution in [0, 0.1) is 34.3 Å². The summed E-state index contributed by atoms with van der Waals surface area (Å²) in [4.78, 5) is 20.1. The minimum atomic E-state index is -0.655. The summed E-state index contributed by atoms with van der Waals surface area (Å²) in [7, 11) is 0. The van der Waals surface area contributed by atoms with Gasteiger partial charge in [0.05, 0.1) is 12.1 Å². The van der Waals surface area contributed by atoms with Crippen LogP contribution in [0.4, 0.5) is 11.5 Å². The number of rotatable bonds is 2. The van der Waals surface area contributed by atoms with Crippen molar-refractivity contribution in [2.75, 3.05) is 5.73 Å². The lowest BCUT2D eigenvalue weighted by Crippen LogP contribution is -2.14. The topological polar surface area (TPSA) is 112 Å². The van der Waals surface area contributed by atoms with Gasteiger partial charge in [-0.25, -0.2) is 9.83 Å². The number of amides is 1. The number of nitrogens with zero attached hydrogens (tertiary/aromatic N) is 3. The van der Waals surface area contributed by atoms with Crippen LogP contribution in [0.3, 0.4) is 0 Å². The Morgan fingerprint density at radius 2 is 1.88 bits per heavy atom. The number of hydrogen-bond donors (Lipinski definition) is 3. The Kier molecular flexibility index (Phi) is 3.84. The molecule has 0 fully saturated rings. The predicted octanol–water partition coefficient (Wildman–Crippen LogP) is 3.20. The standard InChI is InChI=1S/C19H19N5O2/c1-8-6-12-15(18(21)26)17(20)24(19(12)23-11(8)4)16-9(2)13(22-5)7-14(25)10(16)3/h6-7,25H,20H2,1-4H3,(H2,21,26). The van der Waals surface area contributed by atoms with Crippen LogP contribution in [-0.2, 0) is 0 Å². The number of fused-ring (bicyclic) bond motifs is 1. The number of primary amides is 1. The molecule has 7 heteroatoms. The van der Waals surface area contributed by atoms with E-state index in [1.165, 1.54) is 6.07 Å². The van der Waals surface area contributed by atoms with Gasteiger partial charge in [-0.15, -0.1) is 0 Å². The fraction of sp³-hybridized carbons (Fsp3) is 0.211. The van der Waals surface area contributed by atoms with Crippen molar-refractivity contribution in [3.63, 3.8) is 0 Å². The number of benzene rings is 1. The fourth-order valence-corrected chi connectivity index (χ4v) is 3.22. The SMILES string of the molecule is [C-]#[N+]c1cc(O)c(C)c(-n2c(N)c(C(N)=O)c3cc(C)c(C)nc32)c1C. The highest BCUT2D eigenvalue weighted by atomic mass is 16.3. The van der Waals surface area contributed by atoms with Gasteiger partial charge in [0, 0.05) is 22.3 Å². The van der Waals surface area contributed by atoms with Gasteiger partial charge in [-0.3, -0.25) is 9.36 Å². The molecule has 0 atom stereocenters. The van der Waals surface area contributed by atoms with Crippen LogP contribution < -0.4 is 11.5 Å². The maximum atomic E-state index is 12.0. The molecule has 2 heterocycles. The molecule has 0 aliphatic carbocycles. The summed E-state index contributed by atoms with van der Waals surface area (Å²) < 4.78 is 1.60. The summed E-state index contributed by atoms with van der Waals surface area (Å²) in [5.74, 6) is -0.544. The second-order valence-electron chi connectivity index (χ2n) is 6.35. The van der Waals surface area contributed by atoms with Crippen molar-refractivity contribution >= 4 is 28.4 Å². The molecule has 0 saturated heterocycles. The van der Waals surface area contributed by atoms with E-state index < -0.39 is 5.91 Å². The molecular weight excluding hydrogens is 330 g/mol. The molecule has 1 aromatic carbocycles. The van der Waals surface area contributed by atoms with Crippen LogP contribution in [0.2, 0.25) is 0 Å². The number of hydrogen-bond acceptors (Lipinski definition) is 4. The first-order valence-corrected chi connectivity index (χ1v) is 7.98. The summed E-state index contributed by atoms with van der Waals surface area (Å²) in [5, 5.41) is 10.8. The molecule has 0 saturated carbocycles. The van der Waals surface area contributed by atoms with Gasteiger partial charge in [0.2, 0.25) is 0 Å². The highest BCUT2D eigenvalue weighted by Gasteiger charge is 2.25. The van der Waals surface area contributed by atoms with Gasteiger partial charge in [-0.2, -0.15) is 0 Å². The summed E-state index contributed by atoms with van der Waals surface area (Å²) in [6, 6.07) is 3.24. The number of anilines is 1. The van der Waals surface area contributed by atoms with Crippen LogP contribution in [0.15, 0.2) is 12.1 Å². The Morgan fingerprint density at radius 1 is 1.23 bits per heavy atom. The van der Waals surface area contributed by atoms with Gasteiger partial charge in [0.15, 0.2) is 5.69 Å². The van der Waals surface area contributed by atoms with E-state index in [9.17, 15) is 9.90 Å². The number of phenolic OH excluding ortho intramolecular Hbond substituents is 1. The van der Waals surface area contributed by atoms with Crippen molar-refractivity contribution < 1.29 is 9.90 Å². The normalized spacial score (nSPS) is 10.9. The summed E-state index contributed by atoms with van der Waals surface area (Å²) >= 11 is 0. The molecular formula is C19H19N5O2. The zero-order valence-electron chi connectivity index (χ0n) is 15.0. The molecule has 0 aliphatic rings. The second-order valence-corrected chi connectivity index (χ2v) is 6.35. The van der Waals surface area contributed by atoms with E-state index in [-0.39, 0.29) is 17.1 Å². The highest BCUT2D eigenvalue weighted by molar-refractivity contribution is 6.11. The van der Waals surface area contributed by atoms with E-state index in [2.05, 4.69) is 9.83 Å². The lowest BCUT2D eigenvalue weighted by molar-refractivity contribution is 0.100. The molecule has 3 rings (SSSR count). The van der Waals surface area contributed by atoms with E-state index in [1.54, 1.807) is 18.4 Å². The molecule has 7 nitrogen and oxygen atoms in total. The number of carbonyl (C=O) groups is 1. The number of carbonyl (C=O) groups excluding carboxylic acids is 1. The minimum absolute atomic E-state index is 0.0256. The third kappa shape index (κ3) is 2.27. The minimum Gasteiger partial charge on any atom is -0.509 e. The van der Waals surface area contributed by atoms with Crippen molar-refractivity contribution in [1.29, 1.82) is 0 Å². The van der Waals surface area contributed by atoms with Crippen LogP contribution in [0.1, 0.15) is 32.7 Å². The van der Waals surface area contributed by atoms with Crippen molar-refractivity contribution in [1.82, 2.24) is 9.55 Å². The van der Waals surface area contributed by atoms with Gasteiger partial charge in [-0.1, -0.05) is 0 Å². The van der Waals surface area contributed by atoms with Crippen LogP contribution in [0.5, 0.6) is 5.75 Å². The van der Waals surface area contributed by atoms with E-state index >= 15 is 0 Å². The maximum absolute atomic E-state index is 12.0. The monoisotopic (exact) mass is 349 g/mol. The fourth-order valence-electron chi connectivity index (χ4n) is 3.22. The second kappa shape index (κ2) is 5.77. The molecule has 0 unspecified atom stereocenters. The molecule has 26 heavy (non-hydrogen) atoms. The number of phenols is 1. The van der Waals surface area contributed by atoms with E-state index in [1.807, 2.05) is 19.9 Å². The Balaban J connectivity index is 2.58. The molecule has 3 aromatic rings. The molecule has 1 amide bonds. The van der Waals surface area contributed by atoms with E-state index in [4.69, 9.17) is 18.0 Å². The summed E-state index contributed by atoms with van der Waals surface area (Å²) in [6.07, 6.45) is 0. The van der Waals surface area contributed by atoms with Gasteiger partial charge in [0.25, 0.3) is 5.91 Å². The largest absolute Gasteiger partial charge is 0.509 e. The lowest BCUT2D eigenvalue weighted by Gasteiger charge is -2.17. The Labute approximate surface area is 150 Å². The first kappa shape index (κ1) is 17.3. The summed E-state index contributed by atoms with van der Waals surface area (Å²) in [6.45, 7) is 14.6.